The zero-order valence-electron chi connectivity index (χ0n) is 8.51. The highest BCUT2D eigenvalue weighted by atomic mass is 79.9. The van der Waals surface area contributed by atoms with Crippen molar-refractivity contribution in [2.24, 2.45) is 0 Å². The first-order valence-corrected chi connectivity index (χ1v) is 6.78. The molecule has 0 aliphatic carbocycles. The van der Waals surface area contributed by atoms with E-state index >= 15 is 0 Å². The molecular weight excluding hydrogens is 311 g/mol. The molecule has 0 spiro atoms. The lowest BCUT2D eigenvalue weighted by atomic mass is 10.1. The van der Waals surface area contributed by atoms with Crippen LogP contribution < -0.4 is 0 Å². The number of thiophene rings is 1. The van der Waals surface area contributed by atoms with E-state index in [1.54, 1.807) is 23.5 Å². The van der Waals surface area contributed by atoms with Gasteiger partial charge in [0.2, 0.25) is 0 Å². The van der Waals surface area contributed by atoms with Gasteiger partial charge in [0.1, 0.15) is 5.82 Å². The molecule has 0 saturated carbocycles. The number of halogens is 3. The minimum Gasteiger partial charge on any atom is -0.207 e. The monoisotopic (exact) mass is 318 g/mol. The average molecular weight is 320 g/mol. The maximum atomic E-state index is 12.8. The van der Waals surface area contributed by atoms with Gasteiger partial charge < -0.3 is 0 Å². The van der Waals surface area contributed by atoms with Gasteiger partial charge in [-0.2, -0.15) is 0 Å². The maximum Gasteiger partial charge on any atom is 0.123 e. The maximum absolute atomic E-state index is 12.8. The molecule has 1 unspecified atom stereocenters. The second-order valence-corrected chi connectivity index (χ2v) is 6.05. The van der Waals surface area contributed by atoms with Crippen LogP contribution in [0.15, 0.2) is 34.8 Å². The second kappa shape index (κ2) is 4.86. The van der Waals surface area contributed by atoms with Crippen molar-refractivity contribution in [3.63, 3.8) is 0 Å². The van der Waals surface area contributed by atoms with E-state index in [1.165, 1.54) is 17.0 Å². The summed E-state index contributed by atoms with van der Waals surface area (Å²) in [6, 6.07) is 8.31. The summed E-state index contributed by atoms with van der Waals surface area (Å²) in [6.07, 6.45) is 0. The van der Waals surface area contributed by atoms with Gasteiger partial charge in [0.05, 0.1) is 5.38 Å². The Morgan fingerprint density at radius 3 is 2.44 bits per heavy atom. The first-order valence-electron chi connectivity index (χ1n) is 4.73. The predicted molar refractivity (Wildman–Crippen MR) is 70.9 cm³/mol. The first kappa shape index (κ1) is 12.1. The molecule has 0 fully saturated rings. The van der Waals surface area contributed by atoms with Gasteiger partial charge in [-0.3, -0.25) is 0 Å². The van der Waals surface area contributed by atoms with Gasteiger partial charge in [0.25, 0.3) is 0 Å². The van der Waals surface area contributed by atoms with E-state index in [0.717, 1.165) is 14.9 Å². The van der Waals surface area contributed by atoms with Gasteiger partial charge in [0, 0.05) is 14.2 Å². The Bertz CT molecular complexity index is 473. The molecule has 1 atom stereocenters. The minimum absolute atomic E-state index is 0.212. The van der Waals surface area contributed by atoms with Crippen LogP contribution in [0.5, 0.6) is 0 Å². The lowest BCUT2D eigenvalue weighted by molar-refractivity contribution is 0.627. The van der Waals surface area contributed by atoms with E-state index in [9.17, 15) is 4.39 Å². The number of benzene rings is 1. The van der Waals surface area contributed by atoms with E-state index in [2.05, 4.69) is 15.9 Å². The Hall–Kier alpha value is -0.380. The molecule has 2 rings (SSSR count). The quantitative estimate of drug-likeness (QED) is 0.660. The fraction of sp³-hybridized carbons (Fsp3) is 0.167. The molecule has 0 aliphatic rings. The number of hydrogen-bond acceptors (Lipinski definition) is 1. The molecule has 0 radical (unpaired) electrons. The summed E-state index contributed by atoms with van der Waals surface area (Å²) in [4.78, 5) is 2.26. The van der Waals surface area contributed by atoms with Gasteiger partial charge >= 0.3 is 0 Å². The summed E-state index contributed by atoms with van der Waals surface area (Å²) < 4.78 is 13.8. The number of alkyl halides is 1. The number of rotatable bonds is 2. The smallest absolute Gasteiger partial charge is 0.123 e. The molecule has 0 N–H and O–H groups in total. The Morgan fingerprint density at radius 1 is 1.31 bits per heavy atom. The zero-order valence-corrected chi connectivity index (χ0v) is 11.7. The number of hydrogen-bond donors (Lipinski definition) is 0. The van der Waals surface area contributed by atoms with Crippen LogP contribution in [-0.4, -0.2) is 0 Å². The molecule has 16 heavy (non-hydrogen) atoms. The van der Waals surface area contributed by atoms with Crippen molar-refractivity contribution >= 4 is 38.9 Å². The van der Waals surface area contributed by atoms with E-state index < -0.39 is 0 Å². The van der Waals surface area contributed by atoms with Crippen LogP contribution in [0, 0.1) is 12.7 Å². The van der Waals surface area contributed by atoms with E-state index in [-0.39, 0.29) is 11.2 Å². The summed E-state index contributed by atoms with van der Waals surface area (Å²) in [6.45, 7) is 2.03. The third-order valence-electron chi connectivity index (χ3n) is 2.29. The highest BCUT2D eigenvalue weighted by Crippen LogP contribution is 2.37. The van der Waals surface area contributed by atoms with Gasteiger partial charge in [0.15, 0.2) is 0 Å². The minimum atomic E-state index is -0.240. The highest BCUT2D eigenvalue weighted by Gasteiger charge is 2.14. The molecule has 4 heteroatoms. The Kier molecular flexibility index (Phi) is 3.67. The van der Waals surface area contributed by atoms with Gasteiger partial charge in [-0.15, -0.1) is 22.9 Å². The fourth-order valence-corrected chi connectivity index (χ4v) is 3.31. The van der Waals surface area contributed by atoms with E-state index in [1.807, 2.05) is 13.0 Å². The van der Waals surface area contributed by atoms with Crippen molar-refractivity contribution in [3.05, 3.63) is 55.9 Å². The average Bonchev–Trinajstić information content (AvgIpc) is 2.59. The van der Waals surface area contributed by atoms with Crippen LogP contribution in [0.25, 0.3) is 0 Å². The zero-order chi connectivity index (χ0) is 11.7. The van der Waals surface area contributed by atoms with Crippen LogP contribution in [0.4, 0.5) is 4.39 Å². The topological polar surface area (TPSA) is 0 Å². The molecule has 1 aromatic heterocycles. The molecule has 0 aliphatic heterocycles. The predicted octanol–water partition coefficient (Wildman–Crippen LogP) is 5.29. The third kappa shape index (κ3) is 2.47. The van der Waals surface area contributed by atoms with Crippen molar-refractivity contribution in [3.8, 4) is 0 Å². The molecule has 0 nitrogen and oxygen atoms in total. The standard InChI is InChI=1S/C12H9BrClFS/c1-7-10(13)6-11(16-7)12(14)8-2-4-9(15)5-3-8/h2-6,12H,1H3. The van der Waals surface area contributed by atoms with Crippen LogP contribution in [-0.2, 0) is 0 Å². The molecule has 1 aromatic carbocycles. The second-order valence-electron chi connectivity index (χ2n) is 3.47. The van der Waals surface area contributed by atoms with Crippen molar-refractivity contribution in [1.82, 2.24) is 0 Å². The Morgan fingerprint density at radius 2 is 1.94 bits per heavy atom. The molecule has 1 heterocycles. The lowest BCUT2D eigenvalue weighted by Crippen LogP contribution is -1.89. The molecule has 0 bridgehead atoms. The van der Waals surface area contributed by atoms with Crippen molar-refractivity contribution < 1.29 is 4.39 Å². The third-order valence-corrected chi connectivity index (χ3v) is 5.11. The normalized spacial score (nSPS) is 12.8. The van der Waals surface area contributed by atoms with E-state index in [4.69, 9.17) is 11.6 Å². The van der Waals surface area contributed by atoms with Crippen molar-refractivity contribution in [2.45, 2.75) is 12.3 Å². The van der Waals surface area contributed by atoms with Gasteiger partial charge in [-0.1, -0.05) is 12.1 Å². The van der Waals surface area contributed by atoms with Crippen LogP contribution in [0.1, 0.15) is 20.7 Å². The van der Waals surface area contributed by atoms with Crippen molar-refractivity contribution in [1.29, 1.82) is 0 Å². The Balaban J connectivity index is 2.31. The molecular formula is C12H9BrClFS. The molecule has 0 amide bonds. The van der Waals surface area contributed by atoms with Crippen LogP contribution >= 0.6 is 38.9 Å². The van der Waals surface area contributed by atoms with Crippen molar-refractivity contribution in [2.75, 3.05) is 0 Å². The van der Waals surface area contributed by atoms with Gasteiger partial charge in [-0.25, -0.2) is 4.39 Å². The SMILES string of the molecule is Cc1sc(C(Cl)c2ccc(F)cc2)cc1Br. The summed E-state index contributed by atoms with van der Waals surface area (Å²) in [5.74, 6) is -0.240. The largest absolute Gasteiger partial charge is 0.207 e. The van der Waals surface area contributed by atoms with Crippen LogP contribution in [0.2, 0.25) is 0 Å². The Labute approximate surface area is 111 Å². The van der Waals surface area contributed by atoms with E-state index in [0.29, 0.717) is 0 Å². The molecule has 84 valence electrons. The van der Waals surface area contributed by atoms with Gasteiger partial charge in [-0.05, 0) is 46.6 Å². The summed E-state index contributed by atoms with van der Waals surface area (Å²) in [5.41, 5.74) is 0.914. The highest BCUT2D eigenvalue weighted by molar-refractivity contribution is 9.10. The summed E-state index contributed by atoms with van der Waals surface area (Å²) >= 11 is 11.4. The summed E-state index contributed by atoms with van der Waals surface area (Å²) in [7, 11) is 0. The summed E-state index contributed by atoms with van der Waals surface area (Å²) in [5, 5.41) is -0.212. The molecule has 2 aromatic rings. The fourth-order valence-electron chi connectivity index (χ4n) is 1.40. The number of aryl methyl sites for hydroxylation is 1. The van der Waals surface area contributed by atoms with Crippen LogP contribution in [0.3, 0.4) is 0 Å². The lowest BCUT2D eigenvalue weighted by Gasteiger charge is -2.06. The molecule has 0 saturated heterocycles. The first-order chi connectivity index (χ1) is 7.58.